The Hall–Kier alpha value is -4.32. The minimum absolute atomic E-state index is 0.0273. The Bertz CT molecular complexity index is 1560. The lowest BCUT2D eigenvalue weighted by Crippen LogP contribution is -2.19. The molecule has 32 heavy (non-hydrogen) atoms. The maximum Gasteiger partial charge on any atom is 0.256 e. The second-order valence-corrected chi connectivity index (χ2v) is 7.73. The van der Waals surface area contributed by atoms with Crippen LogP contribution in [0.15, 0.2) is 83.9 Å². The van der Waals surface area contributed by atoms with E-state index in [0.717, 1.165) is 27.4 Å². The highest BCUT2D eigenvalue weighted by Gasteiger charge is 2.15. The second-order valence-electron chi connectivity index (χ2n) is 7.73. The van der Waals surface area contributed by atoms with E-state index in [0.29, 0.717) is 22.5 Å². The Kier molecular flexibility index (Phi) is 4.75. The van der Waals surface area contributed by atoms with Gasteiger partial charge in [0, 0.05) is 47.0 Å². The highest BCUT2D eigenvalue weighted by molar-refractivity contribution is 6.13. The van der Waals surface area contributed by atoms with E-state index in [2.05, 4.69) is 10.3 Å². The zero-order chi connectivity index (χ0) is 22.2. The number of aromatic nitrogens is 3. The van der Waals surface area contributed by atoms with Crippen LogP contribution in [-0.4, -0.2) is 20.4 Å². The fourth-order valence-corrected chi connectivity index (χ4v) is 3.95. The lowest BCUT2D eigenvalue weighted by atomic mass is 10.0. The first kappa shape index (κ1) is 19.6. The molecule has 0 aliphatic heterocycles. The number of aryl methyl sites for hydroxylation is 2. The largest absolute Gasteiger partial charge is 0.322 e. The van der Waals surface area contributed by atoms with E-state index < -0.39 is 0 Å². The molecule has 0 spiro atoms. The highest BCUT2D eigenvalue weighted by Crippen LogP contribution is 2.26. The van der Waals surface area contributed by atoms with Crippen molar-refractivity contribution >= 4 is 33.4 Å². The Labute approximate surface area is 184 Å². The Balaban J connectivity index is 1.58. The first-order valence-electron chi connectivity index (χ1n) is 10.2. The van der Waals surface area contributed by atoms with Gasteiger partial charge in [-0.1, -0.05) is 18.2 Å². The summed E-state index contributed by atoms with van der Waals surface area (Å²) in [6.45, 7) is 1.79. The Morgan fingerprint density at radius 2 is 1.84 bits per heavy atom. The van der Waals surface area contributed by atoms with Crippen molar-refractivity contribution in [3.8, 4) is 11.3 Å². The smallest absolute Gasteiger partial charge is 0.256 e. The number of nitrogens with one attached hydrogen (secondary N) is 1. The van der Waals surface area contributed by atoms with Gasteiger partial charge < -0.3 is 9.88 Å². The summed E-state index contributed by atoms with van der Waals surface area (Å²) in [6.07, 6.45) is 3.43. The zero-order valence-corrected chi connectivity index (χ0v) is 17.7. The van der Waals surface area contributed by atoms with Crippen molar-refractivity contribution in [2.24, 2.45) is 7.05 Å². The van der Waals surface area contributed by atoms with E-state index in [9.17, 15) is 9.59 Å². The number of benzene rings is 2. The predicted molar refractivity (Wildman–Crippen MR) is 127 cm³/mol. The van der Waals surface area contributed by atoms with Gasteiger partial charge in [-0.05, 0) is 55.5 Å². The van der Waals surface area contributed by atoms with Gasteiger partial charge in [0.2, 0.25) is 0 Å². The molecule has 156 valence electrons. The standard InChI is InChI=1S/C26H20N4O2/c1-16-12-18-13-19(9-10-24(18)30(2)26(16)32)28-25(31)21-14-23(17-6-5-11-27-15-17)29-22-8-4-3-7-20(21)22/h3-15H,1-2H3,(H,28,31). The van der Waals surface area contributed by atoms with Gasteiger partial charge in [-0.2, -0.15) is 0 Å². The Morgan fingerprint density at radius 1 is 1.00 bits per heavy atom. The van der Waals surface area contributed by atoms with Crippen molar-refractivity contribution in [3.63, 3.8) is 0 Å². The summed E-state index contributed by atoms with van der Waals surface area (Å²) in [5.74, 6) is -0.227. The number of carbonyl (C=O) groups is 1. The third-order valence-electron chi connectivity index (χ3n) is 5.58. The van der Waals surface area contributed by atoms with Crippen LogP contribution in [0.4, 0.5) is 5.69 Å². The van der Waals surface area contributed by atoms with Gasteiger partial charge in [0.05, 0.1) is 22.3 Å². The molecule has 0 fully saturated rings. The number of rotatable bonds is 3. The first-order chi connectivity index (χ1) is 15.5. The van der Waals surface area contributed by atoms with Crippen molar-refractivity contribution in [3.05, 3.63) is 101 Å². The van der Waals surface area contributed by atoms with Gasteiger partial charge in [-0.15, -0.1) is 0 Å². The third-order valence-corrected chi connectivity index (χ3v) is 5.58. The van der Waals surface area contributed by atoms with E-state index in [-0.39, 0.29) is 11.5 Å². The molecule has 0 aliphatic rings. The number of anilines is 1. The molecule has 0 atom stereocenters. The third kappa shape index (κ3) is 3.41. The number of fused-ring (bicyclic) bond motifs is 2. The normalized spacial score (nSPS) is 11.1. The van der Waals surface area contributed by atoms with Crippen molar-refractivity contribution in [1.82, 2.24) is 14.5 Å². The molecule has 0 radical (unpaired) electrons. The van der Waals surface area contributed by atoms with Crippen LogP contribution in [0.5, 0.6) is 0 Å². The quantitative estimate of drug-likeness (QED) is 0.459. The molecule has 6 nitrogen and oxygen atoms in total. The maximum absolute atomic E-state index is 13.3. The lowest BCUT2D eigenvalue weighted by Gasteiger charge is -2.12. The summed E-state index contributed by atoms with van der Waals surface area (Å²) >= 11 is 0. The number of pyridine rings is 3. The van der Waals surface area contributed by atoms with Gasteiger partial charge in [0.15, 0.2) is 0 Å². The Morgan fingerprint density at radius 3 is 2.66 bits per heavy atom. The minimum atomic E-state index is -0.227. The van der Waals surface area contributed by atoms with Gasteiger partial charge in [0.25, 0.3) is 11.5 Å². The van der Waals surface area contributed by atoms with Gasteiger partial charge in [0.1, 0.15) is 0 Å². The van der Waals surface area contributed by atoms with Crippen LogP contribution in [0.1, 0.15) is 15.9 Å². The molecule has 1 amide bonds. The predicted octanol–water partition coefficient (Wildman–Crippen LogP) is 4.71. The average molecular weight is 420 g/mol. The molecule has 3 aromatic heterocycles. The summed E-state index contributed by atoms with van der Waals surface area (Å²) in [5, 5.41) is 4.67. The summed E-state index contributed by atoms with van der Waals surface area (Å²) in [4.78, 5) is 34.4. The molecule has 0 saturated heterocycles. The molecule has 0 aliphatic carbocycles. The van der Waals surface area contributed by atoms with Gasteiger partial charge in [-0.3, -0.25) is 14.6 Å². The highest BCUT2D eigenvalue weighted by atomic mass is 16.1. The number of nitrogens with zero attached hydrogens (tertiary/aromatic N) is 3. The SMILES string of the molecule is Cc1cc2cc(NC(=O)c3cc(-c4cccnc4)nc4ccccc34)ccc2n(C)c1=O. The summed E-state index contributed by atoms with van der Waals surface area (Å²) < 4.78 is 1.62. The fraction of sp³-hybridized carbons (Fsp3) is 0.0769. The van der Waals surface area contributed by atoms with E-state index in [1.165, 1.54) is 0 Å². The molecule has 6 heteroatoms. The molecule has 1 N–H and O–H groups in total. The molecule has 0 saturated carbocycles. The first-order valence-corrected chi connectivity index (χ1v) is 10.2. The molecule has 5 rings (SSSR count). The van der Waals surface area contributed by atoms with Crippen LogP contribution >= 0.6 is 0 Å². The molecule has 2 aromatic carbocycles. The summed E-state index contributed by atoms with van der Waals surface area (Å²) in [5.41, 5.74) is 4.90. The number of amides is 1. The van der Waals surface area contributed by atoms with E-state index in [1.807, 2.05) is 54.6 Å². The molecular weight excluding hydrogens is 400 g/mol. The monoisotopic (exact) mass is 420 g/mol. The van der Waals surface area contributed by atoms with Crippen molar-refractivity contribution in [2.75, 3.05) is 5.32 Å². The summed E-state index contributed by atoms with van der Waals surface area (Å²) in [6, 6.07) is 20.5. The van der Waals surface area contributed by atoms with Crippen LogP contribution in [0.2, 0.25) is 0 Å². The molecule has 5 aromatic rings. The molecule has 0 bridgehead atoms. The van der Waals surface area contributed by atoms with Crippen molar-refractivity contribution in [1.29, 1.82) is 0 Å². The number of para-hydroxylation sites is 1. The zero-order valence-electron chi connectivity index (χ0n) is 17.7. The van der Waals surface area contributed by atoms with Crippen LogP contribution in [0, 0.1) is 6.92 Å². The average Bonchev–Trinajstić information content (AvgIpc) is 2.82. The van der Waals surface area contributed by atoms with Gasteiger partial charge >= 0.3 is 0 Å². The van der Waals surface area contributed by atoms with Crippen LogP contribution in [-0.2, 0) is 7.05 Å². The number of hydrogen-bond acceptors (Lipinski definition) is 4. The number of carbonyl (C=O) groups excluding carboxylic acids is 1. The molecule has 3 heterocycles. The van der Waals surface area contributed by atoms with Crippen molar-refractivity contribution in [2.45, 2.75) is 6.92 Å². The van der Waals surface area contributed by atoms with E-state index in [4.69, 9.17) is 4.98 Å². The molecular formula is C26H20N4O2. The summed E-state index contributed by atoms with van der Waals surface area (Å²) in [7, 11) is 1.75. The fourth-order valence-electron chi connectivity index (χ4n) is 3.95. The second kappa shape index (κ2) is 7.74. The van der Waals surface area contributed by atoms with Crippen molar-refractivity contribution < 1.29 is 4.79 Å². The van der Waals surface area contributed by atoms with Crippen LogP contribution < -0.4 is 10.9 Å². The topological polar surface area (TPSA) is 76.9 Å². The molecule has 0 unspecified atom stereocenters. The lowest BCUT2D eigenvalue weighted by molar-refractivity contribution is 0.102. The minimum Gasteiger partial charge on any atom is -0.322 e. The maximum atomic E-state index is 13.3. The van der Waals surface area contributed by atoms with Gasteiger partial charge in [-0.25, -0.2) is 4.98 Å². The van der Waals surface area contributed by atoms with E-state index in [1.54, 1.807) is 43.1 Å². The van der Waals surface area contributed by atoms with Crippen LogP contribution in [0.25, 0.3) is 33.1 Å². The van der Waals surface area contributed by atoms with Crippen LogP contribution in [0.3, 0.4) is 0 Å². The number of hydrogen-bond donors (Lipinski definition) is 1. The van der Waals surface area contributed by atoms with E-state index >= 15 is 0 Å².